The number of carbonyl (C=O) groups is 3. The van der Waals surface area contributed by atoms with Gasteiger partial charge in [-0.25, -0.2) is 9.29 Å². The van der Waals surface area contributed by atoms with Gasteiger partial charge in [-0.3, -0.25) is 19.4 Å². The number of methoxy groups -OCH3 is 1. The van der Waals surface area contributed by atoms with Gasteiger partial charge in [-0.1, -0.05) is 11.3 Å². The molecule has 2 heterocycles. The molecule has 0 unspecified atom stereocenters. The van der Waals surface area contributed by atoms with Gasteiger partial charge in [0.1, 0.15) is 18.1 Å². The molecule has 10 heteroatoms. The standard InChI is InChI=1S/C19H16FN5O4/c1-29-14-7-5-13(6-8-14)25-18(27)16-17(19(25)28)24(23-22-16)10-15(26)21-12-4-2-3-11(20)9-12/h2-9,16-17H,10H2,1H3,(H,21,26)/t16-,17+/m1/s1. The number of halogens is 1. The van der Waals surface area contributed by atoms with E-state index in [-0.39, 0.29) is 12.2 Å². The molecule has 2 aliphatic heterocycles. The molecule has 2 aliphatic rings. The average Bonchev–Trinajstić information content (AvgIpc) is 3.22. The van der Waals surface area contributed by atoms with E-state index in [1.807, 2.05) is 0 Å². The fraction of sp³-hybridized carbons (Fsp3) is 0.211. The van der Waals surface area contributed by atoms with E-state index in [2.05, 4.69) is 15.7 Å². The van der Waals surface area contributed by atoms with Crippen LogP contribution in [0.15, 0.2) is 58.9 Å². The third kappa shape index (κ3) is 3.40. The van der Waals surface area contributed by atoms with Crippen LogP contribution in [0, 0.1) is 5.82 Å². The van der Waals surface area contributed by atoms with E-state index >= 15 is 0 Å². The molecular formula is C19H16FN5O4. The van der Waals surface area contributed by atoms with Gasteiger partial charge in [-0.05, 0) is 42.5 Å². The van der Waals surface area contributed by atoms with Gasteiger partial charge in [0.2, 0.25) is 5.91 Å². The molecule has 2 aromatic carbocycles. The highest BCUT2D eigenvalue weighted by Crippen LogP contribution is 2.32. The smallest absolute Gasteiger partial charge is 0.263 e. The van der Waals surface area contributed by atoms with E-state index in [0.717, 1.165) is 4.90 Å². The van der Waals surface area contributed by atoms with Crippen LogP contribution in [-0.2, 0) is 14.4 Å². The molecule has 2 atom stereocenters. The highest BCUT2D eigenvalue weighted by Gasteiger charge is 2.55. The zero-order valence-electron chi connectivity index (χ0n) is 15.3. The molecule has 0 saturated carbocycles. The molecular weight excluding hydrogens is 381 g/mol. The minimum Gasteiger partial charge on any atom is -0.497 e. The second kappa shape index (κ2) is 7.30. The molecule has 0 bridgehead atoms. The first-order valence-electron chi connectivity index (χ1n) is 8.72. The molecule has 0 aromatic heterocycles. The van der Waals surface area contributed by atoms with Gasteiger partial charge in [0.25, 0.3) is 11.8 Å². The summed E-state index contributed by atoms with van der Waals surface area (Å²) >= 11 is 0. The molecule has 1 fully saturated rings. The second-order valence-corrected chi connectivity index (χ2v) is 6.46. The number of hydrogen-bond acceptors (Lipinski definition) is 7. The normalized spacial score (nSPS) is 20.2. The Hall–Kier alpha value is -3.82. The topological polar surface area (TPSA) is 104 Å². The molecule has 4 rings (SSSR count). The number of carbonyl (C=O) groups excluding carboxylic acids is 3. The highest BCUT2D eigenvalue weighted by molar-refractivity contribution is 6.25. The second-order valence-electron chi connectivity index (χ2n) is 6.46. The maximum absolute atomic E-state index is 13.3. The zero-order chi connectivity index (χ0) is 20.5. The summed E-state index contributed by atoms with van der Waals surface area (Å²) in [6.45, 7) is -0.309. The highest BCUT2D eigenvalue weighted by atomic mass is 19.1. The number of anilines is 2. The van der Waals surface area contributed by atoms with Crippen LogP contribution < -0.4 is 15.0 Å². The van der Waals surface area contributed by atoms with Gasteiger partial charge in [-0.2, -0.15) is 5.11 Å². The van der Waals surface area contributed by atoms with Crippen LogP contribution in [0.5, 0.6) is 5.75 Å². The van der Waals surface area contributed by atoms with Crippen LogP contribution in [0.4, 0.5) is 15.8 Å². The maximum Gasteiger partial charge on any atom is 0.263 e. The first kappa shape index (κ1) is 18.5. The number of imide groups is 1. The molecule has 1 N–H and O–H groups in total. The van der Waals surface area contributed by atoms with Crippen molar-refractivity contribution in [1.82, 2.24) is 5.01 Å². The van der Waals surface area contributed by atoms with Crippen molar-refractivity contribution in [3.8, 4) is 5.75 Å². The minimum atomic E-state index is -1.01. The van der Waals surface area contributed by atoms with Gasteiger partial charge in [0.05, 0.1) is 12.8 Å². The molecule has 2 aromatic rings. The monoisotopic (exact) mass is 397 g/mol. The Morgan fingerprint density at radius 1 is 1.17 bits per heavy atom. The number of fused-ring (bicyclic) bond motifs is 1. The molecule has 0 spiro atoms. The Kier molecular flexibility index (Phi) is 4.67. The predicted molar refractivity (Wildman–Crippen MR) is 99.7 cm³/mol. The lowest BCUT2D eigenvalue weighted by molar-refractivity contribution is -0.123. The van der Waals surface area contributed by atoms with Gasteiger partial charge >= 0.3 is 0 Å². The lowest BCUT2D eigenvalue weighted by Crippen LogP contribution is -2.43. The lowest BCUT2D eigenvalue weighted by Gasteiger charge is -2.20. The molecule has 9 nitrogen and oxygen atoms in total. The Morgan fingerprint density at radius 3 is 2.62 bits per heavy atom. The van der Waals surface area contributed by atoms with Crippen molar-refractivity contribution in [2.45, 2.75) is 12.1 Å². The zero-order valence-corrected chi connectivity index (χ0v) is 15.3. The Labute approximate surface area is 164 Å². The molecule has 0 aliphatic carbocycles. The number of ether oxygens (including phenoxy) is 1. The van der Waals surface area contributed by atoms with E-state index in [9.17, 15) is 18.8 Å². The Morgan fingerprint density at radius 2 is 1.93 bits per heavy atom. The van der Waals surface area contributed by atoms with E-state index in [0.29, 0.717) is 11.4 Å². The van der Waals surface area contributed by atoms with E-state index in [4.69, 9.17) is 4.74 Å². The molecule has 0 radical (unpaired) electrons. The van der Waals surface area contributed by atoms with E-state index in [1.54, 1.807) is 24.3 Å². The summed E-state index contributed by atoms with van der Waals surface area (Å²) in [7, 11) is 1.51. The van der Waals surface area contributed by atoms with Gasteiger partial charge in [0.15, 0.2) is 12.1 Å². The van der Waals surface area contributed by atoms with Crippen LogP contribution >= 0.6 is 0 Å². The van der Waals surface area contributed by atoms with Crippen molar-refractivity contribution < 1.29 is 23.5 Å². The van der Waals surface area contributed by atoms with Crippen LogP contribution in [0.2, 0.25) is 0 Å². The van der Waals surface area contributed by atoms with Crippen molar-refractivity contribution in [2.75, 3.05) is 23.9 Å². The molecule has 148 valence electrons. The number of rotatable bonds is 5. The third-order valence-electron chi connectivity index (χ3n) is 4.60. The summed E-state index contributed by atoms with van der Waals surface area (Å²) in [6.07, 6.45) is 0. The quantitative estimate of drug-likeness (QED) is 0.775. The van der Waals surface area contributed by atoms with Crippen LogP contribution in [0.1, 0.15) is 0 Å². The van der Waals surface area contributed by atoms with Crippen LogP contribution in [0.3, 0.4) is 0 Å². The predicted octanol–water partition coefficient (Wildman–Crippen LogP) is 1.77. The Bertz CT molecular complexity index is 1010. The number of nitrogens with zero attached hydrogens (tertiary/aromatic N) is 4. The number of nitrogens with one attached hydrogen (secondary N) is 1. The Balaban J connectivity index is 1.48. The fourth-order valence-electron chi connectivity index (χ4n) is 3.25. The van der Waals surface area contributed by atoms with Gasteiger partial charge in [0, 0.05) is 5.69 Å². The first-order chi connectivity index (χ1) is 14.0. The molecule has 29 heavy (non-hydrogen) atoms. The van der Waals surface area contributed by atoms with Crippen LogP contribution in [-0.4, -0.2) is 48.5 Å². The number of amides is 3. The number of benzene rings is 2. The fourth-order valence-corrected chi connectivity index (χ4v) is 3.25. The third-order valence-corrected chi connectivity index (χ3v) is 4.60. The summed E-state index contributed by atoms with van der Waals surface area (Å²) in [4.78, 5) is 38.9. The summed E-state index contributed by atoms with van der Waals surface area (Å²) in [5.74, 6) is -1.45. The van der Waals surface area contributed by atoms with Crippen LogP contribution in [0.25, 0.3) is 0 Å². The van der Waals surface area contributed by atoms with Crippen molar-refractivity contribution >= 4 is 29.1 Å². The number of hydrogen-bond donors (Lipinski definition) is 1. The van der Waals surface area contributed by atoms with Crippen molar-refractivity contribution in [2.24, 2.45) is 10.3 Å². The lowest BCUT2D eigenvalue weighted by atomic mass is 10.1. The average molecular weight is 397 g/mol. The first-order valence-corrected chi connectivity index (χ1v) is 8.72. The summed E-state index contributed by atoms with van der Waals surface area (Å²) < 4.78 is 18.3. The van der Waals surface area contributed by atoms with E-state index in [1.165, 1.54) is 36.4 Å². The summed E-state index contributed by atoms with van der Waals surface area (Å²) in [5.41, 5.74) is 0.658. The maximum atomic E-state index is 13.3. The van der Waals surface area contributed by atoms with Crippen molar-refractivity contribution in [3.63, 3.8) is 0 Å². The van der Waals surface area contributed by atoms with Gasteiger partial charge < -0.3 is 10.1 Å². The van der Waals surface area contributed by atoms with Gasteiger partial charge in [-0.15, -0.1) is 0 Å². The summed E-state index contributed by atoms with van der Waals surface area (Å²) in [5, 5.41) is 11.4. The van der Waals surface area contributed by atoms with E-state index < -0.39 is 35.6 Å². The minimum absolute atomic E-state index is 0.274. The van der Waals surface area contributed by atoms with Crippen molar-refractivity contribution in [3.05, 3.63) is 54.3 Å². The SMILES string of the molecule is COc1ccc(N2C(=O)[C@@H]3[C@@H](N=NN3CC(=O)Nc3cccc(F)c3)C2=O)cc1. The largest absolute Gasteiger partial charge is 0.497 e. The molecule has 3 amide bonds. The van der Waals surface area contributed by atoms with Crippen molar-refractivity contribution in [1.29, 1.82) is 0 Å². The molecule has 1 saturated heterocycles. The summed E-state index contributed by atoms with van der Waals surface area (Å²) in [6, 6.07) is 9.86.